The van der Waals surface area contributed by atoms with Gasteiger partial charge in [0, 0.05) is 31.7 Å². The van der Waals surface area contributed by atoms with Gasteiger partial charge < -0.3 is 29.9 Å². The summed E-state index contributed by atoms with van der Waals surface area (Å²) in [5, 5.41) is 5.41. The molecule has 1 atom stereocenters. The van der Waals surface area contributed by atoms with Crippen LogP contribution >= 0.6 is 0 Å². The molecule has 2 aromatic carbocycles. The van der Waals surface area contributed by atoms with Crippen LogP contribution in [0.5, 0.6) is 5.75 Å². The first-order valence-electron chi connectivity index (χ1n) is 10.6. The number of hydrogen-bond acceptors (Lipinski definition) is 5. The van der Waals surface area contributed by atoms with Crippen LogP contribution in [0.25, 0.3) is 0 Å². The van der Waals surface area contributed by atoms with E-state index in [-0.39, 0.29) is 37.4 Å². The summed E-state index contributed by atoms with van der Waals surface area (Å²) in [5.41, 5.74) is 1.29. The van der Waals surface area contributed by atoms with E-state index in [9.17, 15) is 14.4 Å². The van der Waals surface area contributed by atoms with E-state index in [1.54, 1.807) is 40.1 Å². The first kappa shape index (κ1) is 21.6. The minimum atomic E-state index is -0.777. The number of para-hydroxylation sites is 3. The Hall–Kier alpha value is -3.59. The van der Waals surface area contributed by atoms with Crippen LogP contribution in [-0.4, -0.2) is 68.2 Å². The Kier molecular flexibility index (Phi) is 6.86. The van der Waals surface area contributed by atoms with E-state index in [0.29, 0.717) is 43.4 Å². The standard InChI is InChI=1S/C23H26N4O5/c28-21(10-11-24-23(30)25-17-6-2-1-3-7-17)27-16-20(22(29)26-12-14-31-15-13-26)32-19-9-5-4-8-18(19)27/h1-9,20H,10-16H2,(H2,24,25,30). The predicted octanol–water partition coefficient (Wildman–Crippen LogP) is 1.85. The Morgan fingerprint density at radius 3 is 2.47 bits per heavy atom. The molecule has 2 N–H and O–H groups in total. The van der Waals surface area contributed by atoms with Crippen molar-refractivity contribution in [2.75, 3.05) is 49.6 Å². The maximum atomic E-state index is 13.0. The van der Waals surface area contributed by atoms with Crippen molar-refractivity contribution in [3.63, 3.8) is 0 Å². The van der Waals surface area contributed by atoms with Gasteiger partial charge in [0.15, 0.2) is 6.10 Å². The minimum absolute atomic E-state index is 0.0923. The molecule has 2 aliphatic heterocycles. The van der Waals surface area contributed by atoms with Gasteiger partial charge in [0.05, 0.1) is 25.4 Å². The highest BCUT2D eigenvalue weighted by Crippen LogP contribution is 2.34. The van der Waals surface area contributed by atoms with Gasteiger partial charge >= 0.3 is 6.03 Å². The molecule has 4 rings (SSSR count). The summed E-state index contributed by atoms with van der Waals surface area (Å²) in [7, 11) is 0. The van der Waals surface area contributed by atoms with Crippen LogP contribution < -0.4 is 20.3 Å². The quantitative estimate of drug-likeness (QED) is 0.742. The minimum Gasteiger partial charge on any atom is -0.476 e. The molecule has 1 fully saturated rings. The number of fused-ring (bicyclic) bond motifs is 1. The number of hydrogen-bond donors (Lipinski definition) is 2. The molecular weight excluding hydrogens is 412 g/mol. The van der Waals surface area contributed by atoms with Crippen LogP contribution in [0.3, 0.4) is 0 Å². The molecule has 0 aromatic heterocycles. The largest absolute Gasteiger partial charge is 0.476 e. The van der Waals surface area contributed by atoms with Gasteiger partial charge in [0.25, 0.3) is 5.91 Å². The Bertz CT molecular complexity index is 962. The second-order valence-electron chi connectivity index (χ2n) is 7.51. The topological polar surface area (TPSA) is 100 Å². The van der Waals surface area contributed by atoms with Crippen molar-refractivity contribution in [1.29, 1.82) is 0 Å². The third kappa shape index (κ3) is 5.17. The molecule has 9 nitrogen and oxygen atoms in total. The van der Waals surface area contributed by atoms with Gasteiger partial charge in [-0.25, -0.2) is 4.79 Å². The zero-order valence-electron chi connectivity index (χ0n) is 17.7. The van der Waals surface area contributed by atoms with E-state index in [1.165, 1.54) is 0 Å². The molecule has 2 aliphatic rings. The van der Waals surface area contributed by atoms with Crippen LogP contribution in [0.2, 0.25) is 0 Å². The van der Waals surface area contributed by atoms with Gasteiger partial charge in [0.2, 0.25) is 5.91 Å². The summed E-state index contributed by atoms with van der Waals surface area (Å²) in [6, 6.07) is 15.8. The van der Waals surface area contributed by atoms with Crippen LogP contribution in [0.1, 0.15) is 6.42 Å². The number of urea groups is 1. The van der Waals surface area contributed by atoms with Crippen molar-refractivity contribution in [3.8, 4) is 5.75 Å². The first-order chi connectivity index (χ1) is 15.6. The number of ether oxygens (including phenoxy) is 2. The summed E-state index contributed by atoms with van der Waals surface area (Å²) < 4.78 is 11.2. The van der Waals surface area contributed by atoms with Crippen LogP contribution in [0.15, 0.2) is 54.6 Å². The summed E-state index contributed by atoms with van der Waals surface area (Å²) in [5.74, 6) is 0.148. The molecule has 1 saturated heterocycles. The van der Waals surface area contributed by atoms with Gasteiger partial charge in [-0.2, -0.15) is 0 Å². The summed E-state index contributed by atoms with van der Waals surface area (Å²) in [4.78, 5) is 41.3. The highest BCUT2D eigenvalue weighted by molar-refractivity contribution is 5.98. The Labute approximate surface area is 186 Å². The Morgan fingerprint density at radius 2 is 1.69 bits per heavy atom. The molecule has 0 radical (unpaired) electrons. The molecule has 4 amide bonds. The van der Waals surface area contributed by atoms with Gasteiger partial charge in [-0.05, 0) is 24.3 Å². The normalized spacial score (nSPS) is 17.7. The predicted molar refractivity (Wildman–Crippen MR) is 119 cm³/mol. The maximum Gasteiger partial charge on any atom is 0.319 e. The molecule has 0 saturated carbocycles. The molecule has 32 heavy (non-hydrogen) atoms. The third-order valence-corrected chi connectivity index (χ3v) is 5.33. The van der Waals surface area contributed by atoms with Gasteiger partial charge in [-0.1, -0.05) is 30.3 Å². The van der Waals surface area contributed by atoms with E-state index in [2.05, 4.69) is 10.6 Å². The molecule has 2 heterocycles. The second-order valence-corrected chi connectivity index (χ2v) is 7.51. The summed E-state index contributed by atoms with van der Waals surface area (Å²) >= 11 is 0. The molecule has 0 bridgehead atoms. The van der Waals surface area contributed by atoms with Crippen molar-refractivity contribution in [2.24, 2.45) is 0 Å². The molecule has 0 aliphatic carbocycles. The number of amides is 4. The zero-order valence-corrected chi connectivity index (χ0v) is 17.7. The van der Waals surface area contributed by atoms with E-state index < -0.39 is 6.10 Å². The second kappa shape index (κ2) is 10.1. The smallest absolute Gasteiger partial charge is 0.319 e. The van der Waals surface area contributed by atoms with Crippen LogP contribution in [0.4, 0.5) is 16.2 Å². The fourth-order valence-corrected chi connectivity index (χ4v) is 3.70. The van der Waals surface area contributed by atoms with E-state index in [1.807, 2.05) is 24.3 Å². The fraction of sp³-hybridized carbons (Fsp3) is 0.348. The lowest BCUT2D eigenvalue weighted by Gasteiger charge is -2.37. The van der Waals surface area contributed by atoms with Crippen molar-refractivity contribution in [2.45, 2.75) is 12.5 Å². The summed E-state index contributed by atoms with van der Waals surface area (Å²) in [6.45, 7) is 2.30. The van der Waals surface area contributed by atoms with Crippen molar-refractivity contribution < 1.29 is 23.9 Å². The average Bonchev–Trinajstić information content (AvgIpc) is 2.84. The lowest BCUT2D eigenvalue weighted by molar-refractivity contribution is -0.142. The third-order valence-electron chi connectivity index (χ3n) is 5.33. The Morgan fingerprint density at radius 1 is 0.969 bits per heavy atom. The van der Waals surface area contributed by atoms with E-state index >= 15 is 0 Å². The highest BCUT2D eigenvalue weighted by atomic mass is 16.5. The molecule has 168 valence electrons. The number of carbonyl (C=O) groups excluding carboxylic acids is 3. The number of carbonyl (C=O) groups is 3. The number of anilines is 2. The average molecular weight is 438 g/mol. The number of benzene rings is 2. The monoisotopic (exact) mass is 438 g/mol. The number of nitrogens with one attached hydrogen (secondary N) is 2. The van der Waals surface area contributed by atoms with E-state index in [0.717, 1.165) is 0 Å². The molecular formula is C23H26N4O5. The lowest BCUT2D eigenvalue weighted by atomic mass is 10.1. The molecule has 0 spiro atoms. The van der Waals surface area contributed by atoms with Gasteiger partial charge in [-0.3, -0.25) is 9.59 Å². The van der Waals surface area contributed by atoms with Crippen LogP contribution in [-0.2, 0) is 14.3 Å². The molecule has 9 heteroatoms. The molecule has 2 aromatic rings. The maximum absolute atomic E-state index is 13.0. The SMILES string of the molecule is O=C(NCCC(=O)N1CC(C(=O)N2CCOCC2)Oc2ccccc21)Nc1ccccc1. The number of nitrogens with zero attached hydrogens (tertiary/aromatic N) is 2. The number of rotatable bonds is 5. The summed E-state index contributed by atoms with van der Waals surface area (Å²) in [6.07, 6.45) is -0.684. The fourth-order valence-electron chi connectivity index (χ4n) is 3.70. The van der Waals surface area contributed by atoms with Gasteiger partial charge in [0.1, 0.15) is 5.75 Å². The van der Waals surface area contributed by atoms with Crippen molar-refractivity contribution in [1.82, 2.24) is 10.2 Å². The first-order valence-corrected chi connectivity index (χ1v) is 10.6. The zero-order chi connectivity index (χ0) is 22.3. The Balaban J connectivity index is 1.36. The number of morpholine rings is 1. The highest BCUT2D eigenvalue weighted by Gasteiger charge is 2.36. The van der Waals surface area contributed by atoms with Crippen molar-refractivity contribution in [3.05, 3.63) is 54.6 Å². The molecule has 1 unspecified atom stereocenters. The van der Waals surface area contributed by atoms with Crippen LogP contribution in [0, 0.1) is 0 Å². The van der Waals surface area contributed by atoms with Gasteiger partial charge in [-0.15, -0.1) is 0 Å². The lowest BCUT2D eigenvalue weighted by Crippen LogP contribution is -2.54. The van der Waals surface area contributed by atoms with E-state index in [4.69, 9.17) is 9.47 Å². The van der Waals surface area contributed by atoms with Crippen molar-refractivity contribution >= 4 is 29.2 Å².